The molecule has 0 saturated heterocycles. The fraction of sp³-hybridized carbons (Fsp3) is 0.150. The van der Waals surface area contributed by atoms with Crippen LogP contribution in [0.1, 0.15) is 0 Å². The lowest BCUT2D eigenvalue weighted by molar-refractivity contribution is -0.139. The average molecular weight is 365 g/mol. The molecule has 0 bridgehead atoms. The van der Waals surface area contributed by atoms with Crippen LogP contribution in [0.15, 0.2) is 72.4 Å². The topological polar surface area (TPSA) is 73.7 Å². The van der Waals surface area contributed by atoms with Crippen LogP contribution in [0.5, 0.6) is 0 Å². The Kier molecular flexibility index (Phi) is 5.21. The van der Waals surface area contributed by atoms with Crippen LogP contribution in [0, 0.1) is 0 Å². The summed E-state index contributed by atoms with van der Waals surface area (Å²) in [7, 11) is 4.38. The van der Waals surface area contributed by atoms with Crippen LogP contribution in [0.4, 0.5) is 5.69 Å². The largest absolute Gasteiger partial charge is 0.465 e. The number of carbonyl (C=O) groups excluding carboxylic acids is 2. The molecule has 2 aromatic rings. The molecule has 0 saturated carbocycles. The molecule has 1 aliphatic heterocycles. The van der Waals surface area contributed by atoms with E-state index in [0.717, 1.165) is 11.1 Å². The molecule has 0 spiro atoms. The molecule has 0 atom stereocenters. The molecule has 0 N–H and O–H groups in total. The van der Waals surface area contributed by atoms with Crippen molar-refractivity contribution in [2.75, 3.05) is 19.1 Å². The molecule has 138 valence electrons. The Morgan fingerprint density at radius 1 is 1.04 bits per heavy atom. The third-order valence-corrected chi connectivity index (χ3v) is 4.05. The number of esters is 2. The number of ether oxygens (including phenoxy) is 2. The number of rotatable bonds is 4. The Balaban J connectivity index is 2.13. The molecule has 0 amide bonds. The van der Waals surface area contributed by atoms with Gasteiger partial charge in [0, 0.05) is 30.7 Å². The zero-order valence-electron chi connectivity index (χ0n) is 15.2. The molecule has 2 heterocycles. The van der Waals surface area contributed by atoms with Crippen LogP contribution in [0.25, 0.3) is 11.1 Å². The monoisotopic (exact) mass is 365 g/mol. The minimum atomic E-state index is -0.640. The van der Waals surface area contributed by atoms with Gasteiger partial charge in [-0.3, -0.25) is 4.68 Å². The predicted molar refractivity (Wildman–Crippen MR) is 100 cm³/mol. The standard InChI is InChI=1S/C20H19N3O4/c1-22-13-15(12-21-22)14-7-6-8-16(11-14)23-10-5-4-9-17(19(24)26-2)18(23)20(25)27-3/h4-13H,1-3H3. The van der Waals surface area contributed by atoms with Gasteiger partial charge in [-0.2, -0.15) is 5.10 Å². The maximum absolute atomic E-state index is 12.5. The predicted octanol–water partition coefficient (Wildman–Crippen LogP) is 2.58. The van der Waals surface area contributed by atoms with Crippen molar-refractivity contribution in [2.45, 2.75) is 0 Å². The van der Waals surface area contributed by atoms with Crippen LogP contribution in [0.3, 0.4) is 0 Å². The SMILES string of the molecule is COC(=O)C1=C(C(=O)OC)N(c2cccc(-c3cnn(C)c3)c2)C=CC=C1. The van der Waals surface area contributed by atoms with Crippen molar-refractivity contribution < 1.29 is 19.1 Å². The average Bonchev–Trinajstić information content (AvgIpc) is 3.01. The van der Waals surface area contributed by atoms with Crippen molar-refractivity contribution in [3.63, 3.8) is 0 Å². The molecule has 7 heteroatoms. The van der Waals surface area contributed by atoms with Crippen LogP contribution in [0.2, 0.25) is 0 Å². The Bertz CT molecular complexity index is 969. The number of allylic oxidation sites excluding steroid dienone is 2. The third-order valence-electron chi connectivity index (χ3n) is 4.05. The van der Waals surface area contributed by atoms with E-state index in [4.69, 9.17) is 9.47 Å². The first kappa shape index (κ1) is 18.2. The molecule has 0 fully saturated rings. The number of methoxy groups -OCH3 is 2. The van der Waals surface area contributed by atoms with E-state index in [9.17, 15) is 9.59 Å². The van der Waals surface area contributed by atoms with Gasteiger partial charge in [-0.05, 0) is 29.8 Å². The highest BCUT2D eigenvalue weighted by atomic mass is 16.5. The number of aromatic nitrogens is 2. The van der Waals surface area contributed by atoms with Crippen molar-refractivity contribution >= 4 is 17.6 Å². The highest BCUT2D eigenvalue weighted by Crippen LogP contribution is 2.30. The Morgan fingerprint density at radius 3 is 2.48 bits per heavy atom. The molecule has 1 aliphatic rings. The highest BCUT2D eigenvalue weighted by molar-refractivity contribution is 6.05. The molecular weight excluding hydrogens is 346 g/mol. The van der Waals surface area contributed by atoms with Crippen molar-refractivity contribution in [3.05, 3.63) is 72.4 Å². The minimum absolute atomic E-state index is 0.0812. The van der Waals surface area contributed by atoms with Gasteiger partial charge < -0.3 is 14.4 Å². The molecule has 0 radical (unpaired) electrons. The van der Waals surface area contributed by atoms with Gasteiger partial charge in [-0.1, -0.05) is 18.2 Å². The molecule has 0 unspecified atom stereocenters. The summed E-state index contributed by atoms with van der Waals surface area (Å²) < 4.78 is 11.5. The summed E-state index contributed by atoms with van der Waals surface area (Å²) in [6, 6.07) is 7.57. The fourth-order valence-electron chi connectivity index (χ4n) is 2.77. The number of hydrogen-bond donors (Lipinski definition) is 0. The third kappa shape index (κ3) is 3.67. The number of hydrogen-bond acceptors (Lipinski definition) is 6. The zero-order chi connectivity index (χ0) is 19.4. The summed E-state index contributed by atoms with van der Waals surface area (Å²) in [5, 5.41) is 4.19. The summed E-state index contributed by atoms with van der Waals surface area (Å²) in [5.41, 5.74) is 2.75. The van der Waals surface area contributed by atoms with E-state index in [1.165, 1.54) is 20.3 Å². The zero-order valence-corrected chi connectivity index (χ0v) is 15.2. The summed E-state index contributed by atoms with van der Waals surface area (Å²) in [4.78, 5) is 26.3. The van der Waals surface area contributed by atoms with Crippen molar-refractivity contribution in [2.24, 2.45) is 7.05 Å². The van der Waals surface area contributed by atoms with Gasteiger partial charge in [0.15, 0.2) is 0 Å². The second-order valence-corrected chi connectivity index (χ2v) is 5.77. The molecule has 1 aromatic heterocycles. The van der Waals surface area contributed by atoms with Crippen LogP contribution >= 0.6 is 0 Å². The second kappa shape index (κ2) is 7.74. The van der Waals surface area contributed by atoms with Gasteiger partial charge in [-0.15, -0.1) is 0 Å². The number of benzene rings is 1. The fourth-order valence-corrected chi connectivity index (χ4v) is 2.77. The lowest BCUT2D eigenvalue weighted by atomic mass is 10.1. The molecule has 1 aromatic carbocycles. The molecule has 7 nitrogen and oxygen atoms in total. The quantitative estimate of drug-likeness (QED) is 0.776. The first-order valence-electron chi connectivity index (χ1n) is 8.19. The van der Waals surface area contributed by atoms with Gasteiger partial charge in [0.05, 0.1) is 26.0 Å². The first-order chi connectivity index (χ1) is 13.0. The van der Waals surface area contributed by atoms with E-state index in [1.807, 2.05) is 37.5 Å². The smallest absolute Gasteiger partial charge is 0.355 e. The number of carbonyl (C=O) groups is 2. The van der Waals surface area contributed by atoms with E-state index in [0.29, 0.717) is 5.69 Å². The van der Waals surface area contributed by atoms with Crippen LogP contribution < -0.4 is 4.90 Å². The minimum Gasteiger partial charge on any atom is -0.465 e. The Hall–Kier alpha value is -3.61. The van der Waals surface area contributed by atoms with Gasteiger partial charge in [0.1, 0.15) is 5.70 Å². The Labute approximate surface area is 156 Å². The summed E-state index contributed by atoms with van der Waals surface area (Å²) in [6.45, 7) is 0. The van der Waals surface area contributed by atoms with Crippen molar-refractivity contribution in [3.8, 4) is 11.1 Å². The van der Waals surface area contributed by atoms with Crippen molar-refractivity contribution in [1.29, 1.82) is 0 Å². The first-order valence-corrected chi connectivity index (χ1v) is 8.19. The van der Waals surface area contributed by atoms with Gasteiger partial charge in [0.25, 0.3) is 0 Å². The lowest BCUT2D eigenvalue weighted by Gasteiger charge is -2.23. The molecule has 3 rings (SSSR count). The van der Waals surface area contributed by atoms with E-state index < -0.39 is 11.9 Å². The van der Waals surface area contributed by atoms with E-state index in [1.54, 1.807) is 34.1 Å². The van der Waals surface area contributed by atoms with Gasteiger partial charge in [-0.25, -0.2) is 9.59 Å². The van der Waals surface area contributed by atoms with Crippen molar-refractivity contribution in [1.82, 2.24) is 9.78 Å². The second-order valence-electron chi connectivity index (χ2n) is 5.77. The lowest BCUT2D eigenvalue weighted by Crippen LogP contribution is -2.26. The molecule has 0 aliphatic carbocycles. The maximum Gasteiger partial charge on any atom is 0.355 e. The Morgan fingerprint density at radius 2 is 1.81 bits per heavy atom. The van der Waals surface area contributed by atoms with E-state index in [-0.39, 0.29) is 11.3 Å². The summed E-state index contributed by atoms with van der Waals surface area (Å²) >= 11 is 0. The molecular formula is C20H19N3O4. The number of anilines is 1. The van der Waals surface area contributed by atoms with Gasteiger partial charge >= 0.3 is 11.9 Å². The summed E-state index contributed by atoms with van der Waals surface area (Å²) in [5.74, 6) is -1.26. The maximum atomic E-state index is 12.5. The normalized spacial score (nSPS) is 13.5. The number of aryl methyl sites for hydroxylation is 1. The summed E-state index contributed by atoms with van der Waals surface area (Å²) in [6.07, 6.45) is 10.3. The van der Waals surface area contributed by atoms with Crippen LogP contribution in [-0.2, 0) is 26.1 Å². The molecule has 27 heavy (non-hydrogen) atoms. The van der Waals surface area contributed by atoms with E-state index in [2.05, 4.69) is 5.10 Å². The highest BCUT2D eigenvalue weighted by Gasteiger charge is 2.27. The number of nitrogens with zero attached hydrogens (tertiary/aromatic N) is 3. The van der Waals surface area contributed by atoms with Crippen LogP contribution in [-0.4, -0.2) is 35.9 Å². The van der Waals surface area contributed by atoms with E-state index >= 15 is 0 Å². The van der Waals surface area contributed by atoms with Gasteiger partial charge in [0.2, 0.25) is 0 Å².